The Morgan fingerprint density at radius 3 is 2.51 bits per heavy atom. The summed E-state index contributed by atoms with van der Waals surface area (Å²) in [6.45, 7) is 1.86. The Balaban J connectivity index is 1.37. The van der Waals surface area contributed by atoms with E-state index in [4.69, 9.17) is 19.8 Å². The molecule has 0 N–H and O–H groups in total. The minimum Gasteiger partial charge on any atom is -0.496 e. The van der Waals surface area contributed by atoms with Crippen molar-refractivity contribution in [2.24, 2.45) is 14.1 Å². The smallest absolute Gasteiger partial charge is 0.162 e. The van der Waals surface area contributed by atoms with E-state index in [2.05, 4.69) is 29.4 Å². The van der Waals surface area contributed by atoms with Crippen LogP contribution in [-0.2, 0) is 33.4 Å². The van der Waals surface area contributed by atoms with Gasteiger partial charge >= 0.3 is 0 Å². The molecule has 0 spiro atoms. The minimum absolute atomic E-state index is 0.0926. The maximum atomic E-state index is 12.2. The second kappa shape index (κ2) is 9.94. The predicted molar refractivity (Wildman–Crippen MR) is 150 cm³/mol. The molecule has 0 aliphatic heterocycles. The lowest BCUT2D eigenvalue weighted by Crippen LogP contribution is -2.09. The zero-order valence-corrected chi connectivity index (χ0v) is 22.6. The number of aromatic nitrogens is 6. The summed E-state index contributed by atoms with van der Waals surface area (Å²) in [5, 5.41) is 9.17. The molecule has 6 rings (SSSR count). The van der Waals surface area contributed by atoms with Gasteiger partial charge in [-0.05, 0) is 30.0 Å². The molecule has 5 aromatic rings. The zero-order chi connectivity index (χ0) is 27.1. The Bertz CT molecular complexity index is 1700. The van der Waals surface area contributed by atoms with Crippen LogP contribution in [-0.4, -0.2) is 42.4 Å². The quantitative estimate of drug-likeness (QED) is 0.274. The number of hydrogen-bond acceptors (Lipinski definition) is 6. The summed E-state index contributed by atoms with van der Waals surface area (Å²) in [7, 11) is 5.54. The molecule has 8 nitrogen and oxygen atoms in total. The topological polar surface area (TPSA) is 87.7 Å². The van der Waals surface area contributed by atoms with E-state index in [-0.39, 0.29) is 5.78 Å². The molecule has 0 bridgehead atoms. The zero-order valence-electron chi connectivity index (χ0n) is 22.6. The second-order valence-corrected chi connectivity index (χ2v) is 9.91. The van der Waals surface area contributed by atoms with E-state index in [1.54, 1.807) is 7.11 Å². The molecule has 3 heterocycles. The number of ketones is 1. The van der Waals surface area contributed by atoms with Crippen LogP contribution in [0, 0.1) is 0 Å². The highest BCUT2D eigenvalue weighted by Crippen LogP contribution is 2.40. The van der Waals surface area contributed by atoms with Gasteiger partial charge in [0.25, 0.3) is 0 Å². The summed E-state index contributed by atoms with van der Waals surface area (Å²) in [4.78, 5) is 21.9. The highest BCUT2D eigenvalue weighted by atomic mass is 16.5. The van der Waals surface area contributed by atoms with Crippen molar-refractivity contribution in [3.8, 4) is 39.4 Å². The molecular weight excluding hydrogens is 488 g/mol. The van der Waals surface area contributed by atoms with Crippen LogP contribution in [0.3, 0.4) is 0 Å². The average molecular weight is 519 g/mol. The number of rotatable bonds is 7. The molecular formula is C31H30N6O2. The lowest BCUT2D eigenvalue weighted by atomic mass is 9.91. The highest BCUT2D eigenvalue weighted by molar-refractivity contribution is 5.96. The Morgan fingerprint density at radius 1 is 1.00 bits per heavy atom. The van der Waals surface area contributed by atoms with E-state index < -0.39 is 0 Å². The SMILES string of the molecule is CCC(=O)c1ccc(Cc2ncc3c(n2)-c2c(nn(C)c2-c2ccc(-c4cnn(C)c4)cc2)CC3)c(OC)c1. The third kappa shape index (κ3) is 4.52. The number of carbonyl (C=O) groups is 1. The summed E-state index contributed by atoms with van der Waals surface area (Å²) in [6.07, 6.45) is 8.51. The lowest BCUT2D eigenvalue weighted by Gasteiger charge is -2.17. The van der Waals surface area contributed by atoms with Gasteiger partial charge < -0.3 is 4.74 Å². The first-order chi connectivity index (χ1) is 18.9. The summed E-state index contributed by atoms with van der Waals surface area (Å²) >= 11 is 0. The predicted octanol–water partition coefficient (Wildman–Crippen LogP) is 5.24. The normalized spacial score (nSPS) is 12.2. The molecule has 39 heavy (non-hydrogen) atoms. The fourth-order valence-electron chi connectivity index (χ4n) is 5.34. The fraction of sp³-hybridized carbons (Fsp3) is 0.258. The lowest BCUT2D eigenvalue weighted by molar-refractivity contribution is 0.0988. The van der Waals surface area contributed by atoms with Crippen molar-refractivity contribution in [2.75, 3.05) is 7.11 Å². The minimum atomic E-state index is 0.0926. The number of nitrogens with zero attached hydrogens (tertiary/aromatic N) is 6. The molecule has 0 amide bonds. The monoisotopic (exact) mass is 518 g/mol. The Morgan fingerprint density at radius 2 is 1.79 bits per heavy atom. The van der Waals surface area contributed by atoms with Gasteiger partial charge in [-0.25, -0.2) is 9.97 Å². The van der Waals surface area contributed by atoms with Gasteiger partial charge in [-0.2, -0.15) is 10.2 Å². The first kappa shape index (κ1) is 24.7. The van der Waals surface area contributed by atoms with Crippen LogP contribution >= 0.6 is 0 Å². The van der Waals surface area contributed by atoms with Gasteiger partial charge in [0, 0.05) is 67.1 Å². The molecule has 0 fully saturated rings. The number of methoxy groups -OCH3 is 1. The Hall–Kier alpha value is -4.59. The molecule has 3 aromatic heterocycles. The molecule has 1 aliphatic rings. The number of hydrogen-bond donors (Lipinski definition) is 0. The summed E-state index contributed by atoms with van der Waals surface area (Å²) in [5.74, 6) is 1.47. The Labute approximate surface area is 227 Å². The number of benzene rings is 2. The van der Waals surface area contributed by atoms with Gasteiger partial charge in [0.15, 0.2) is 5.78 Å². The molecule has 196 valence electrons. The van der Waals surface area contributed by atoms with Crippen LogP contribution in [0.2, 0.25) is 0 Å². The van der Waals surface area contributed by atoms with E-state index in [9.17, 15) is 4.79 Å². The van der Waals surface area contributed by atoms with Crippen LogP contribution in [0.5, 0.6) is 5.75 Å². The maximum absolute atomic E-state index is 12.2. The van der Waals surface area contributed by atoms with E-state index in [0.29, 0.717) is 30.0 Å². The molecule has 0 atom stereocenters. The van der Waals surface area contributed by atoms with Crippen molar-refractivity contribution >= 4 is 5.78 Å². The van der Waals surface area contributed by atoms with Crippen LogP contribution in [0.25, 0.3) is 33.6 Å². The third-order valence-corrected chi connectivity index (χ3v) is 7.38. The van der Waals surface area contributed by atoms with E-state index in [1.807, 2.05) is 67.2 Å². The first-order valence-electron chi connectivity index (χ1n) is 13.2. The van der Waals surface area contributed by atoms with Crippen molar-refractivity contribution in [2.45, 2.75) is 32.6 Å². The number of aryl methyl sites for hydroxylation is 4. The van der Waals surface area contributed by atoms with E-state index in [0.717, 1.165) is 63.3 Å². The van der Waals surface area contributed by atoms with Crippen molar-refractivity contribution in [3.05, 3.63) is 89.3 Å². The molecule has 8 heteroatoms. The van der Waals surface area contributed by atoms with Gasteiger partial charge in [-0.15, -0.1) is 0 Å². The van der Waals surface area contributed by atoms with Crippen LogP contribution < -0.4 is 4.74 Å². The van der Waals surface area contributed by atoms with Gasteiger partial charge in [0.2, 0.25) is 0 Å². The highest BCUT2D eigenvalue weighted by Gasteiger charge is 2.27. The van der Waals surface area contributed by atoms with Gasteiger partial charge in [-0.1, -0.05) is 43.3 Å². The third-order valence-electron chi connectivity index (χ3n) is 7.38. The van der Waals surface area contributed by atoms with Crippen molar-refractivity contribution in [1.82, 2.24) is 29.5 Å². The molecule has 1 aliphatic carbocycles. The number of carbonyl (C=O) groups excluding carboxylic acids is 1. The standard InChI is InChI=1S/C31H30N6O2/c1-5-26(38)21-10-11-22(27(14-21)39-4)15-28-32-16-23-12-13-25-29(30(23)34-28)31(37(3)35-25)20-8-6-19(7-9-20)24-17-33-36(2)18-24/h6-11,14,16-18H,5,12-13,15H2,1-4H3. The summed E-state index contributed by atoms with van der Waals surface area (Å²) < 4.78 is 9.39. The van der Waals surface area contributed by atoms with Crippen molar-refractivity contribution < 1.29 is 9.53 Å². The van der Waals surface area contributed by atoms with Crippen molar-refractivity contribution in [3.63, 3.8) is 0 Å². The van der Waals surface area contributed by atoms with Crippen LogP contribution in [0.4, 0.5) is 0 Å². The average Bonchev–Trinajstić information content (AvgIpc) is 3.55. The first-order valence-corrected chi connectivity index (χ1v) is 13.2. The molecule has 0 saturated heterocycles. The largest absolute Gasteiger partial charge is 0.496 e. The van der Waals surface area contributed by atoms with E-state index in [1.165, 1.54) is 0 Å². The fourth-order valence-corrected chi connectivity index (χ4v) is 5.34. The molecule has 0 saturated carbocycles. The number of Topliss-reactive ketones (excluding diaryl/α,β-unsaturated/α-hetero) is 1. The van der Waals surface area contributed by atoms with Gasteiger partial charge in [0.05, 0.1) is 30.4 Å². The van der Waals surface area contributed by atoms with Crippen LogP contribution in [0.1, 0.15) is 46.3 Å². The summed E-state index contributed by atoms with van der Waals surface area (Å²) in [5.41, 5.74) is 10.1. The number of ether oxygens (including phenoxy) is 1. The van der Waals surface area contributed by atoms with Crippen molar-refractivity contribution in [1.29, 1.82) is 0 Å². The molecule has 0 unspecified atom stereocenters. The van der Waals surface area contributed by atoms with Crippen LogP contribution in [0.15, 0.2) is 61.1 Å². The molecule has 0 radical (unpaired) electrons. The van der Waals surface area contributed by atoms with Gasteiger partial charge in [0.1, 0.15) is 11.6 Å². The van der Waals surface area contributed by atoms with E-state index >= 15 is 0 Å². The van der Waals surface area contributed by atoms with Gasteiger partial charge in [-0.3, -0.25) is 14.2 Å². The number of fused-ring (bicyclic) bond motifs is 3. The summed E-state index contributed by atoms with van der Waals surface area (Å²) in [6, 6.07) is 14.1. The Kier molecular flexibility index (Phi) is 6.30. The molecule has 2 aromatic carbocycles. The second-order valence-electron chi connectivity index (χ2n) is 9.91. The maximum Gasteiger partial charge on any atom is 0.162 e.